The lowest BCUT2D eigenvalue weighted by Crippen LogP contribution is -2.26. The molecule has 0 spiro atoms. The van der Waals surface area contributed by atoms with E-state index < -0.39 is 0 Å². The highest BCUT2D eigenvalue weighted by atomic mass is 15.0. The predicted octanol–water partition coefficient (Wildman–Crippen LogP) is 4.66. The van der Waals surface area contributed by atoms with Crippen LogP contribution >= 0.6 is 0 Å². The van der Waals surface area contributed by atoms with Crippen molar-refractivity contribution < 1.29 is 0 Å². The van der Waals surface area contributed by atoms with Crippen molar-refractivity contribution in [2.24, 2.45) is 0 Å². The fraction of sp³-hybridized carbons (Fsp3) is 0.348. The fourth-order valence-corrected chi connectivity index (χ4v) is 4.66. The number of nitrogens with zero attached hydrogens (tertiary/aromatic N) is 2. The van der Waals surface area contributed by atoms with Gasteiger partial charge in [0.2, 0.25) is 0 Å². The maximum Gasteiger partial charge on any atom is 0.160 e. The summed E-state index contributed by atoms with van der Waals surface area (Å²) in [4.78, 5) is 8.01. The Morgan fingerprint density at radius 3 is 2.79 bits per heavy atom. The standard InChI is InChI=1S/C23H27N5/c1-14(2)21-18-11-16(15-5-7-25-8-6-15)3-4-20(18)27-22(21)17-12-19(24)23-26-9-10-28(23)13-17/h3-4,9-15,25,27H,5-8,24H2,1-2H3. The first kappa shape index (κ1) is 17.3. The summed E-state index contributed by atoms with van der Waals surface area (Å²) in [6, 6.07) is 9.00. The summed E-state index contributed by atoms with van der Waals surface area (Å²) in [7, 11) is 0. The Balaban J connectivity index is 1.68. The van der Waals surface area contributed by atoms with Crippen LogP contribution in [0, 0.1) is 0 Å². The highest BCUT2D eigenvalue weighted by Gasteiger charge is 2.20. The number of hydrogen-bond acceptors (Lipinski definition) is 3. The molecule has 0 saturated carbocycles. The Morgan fingerprint density at radius 1 is 1.18 bits per heavy atom. The second kappa shape index (κ2) is 6.67. The van der Waals surface area contributed by atoms with Crippen molar-refractivity contribution in [3.05, 3.63) is 54.0 Å². The fourth-order valence-electron chi connectivity index (χ4n) is 4.66. The van der Waals surface area contributed by atoms with E-state index in [0.717, 1.165) is 30.0 Å². The van der Waals surface area contributed by atoms with Gasteiger partial charge in [0.15, 0.2) is 5.65 Å². The number of nitrogens with two attached hydrogens (primary N) is 1. The van der Waals surface area contributed by atoms with Gasteiger partial charge in [-0.25, -0.2) is 4.98 Å². The number of aromatic nitrogens is 3. The molecule has 5 heteroatoms. The van der Waals surface area contributed by atoms with Crippen LogP contribution in [0.1, 0.15) is 49.7 Å². The molecular formula is C23H27N5. The van der Waals surface area contributed by atoms with Crippen LogP contribution in [0.5, 0.6) is 0 Å². The zero-order valence-electron chi connectivity index (χ0n) is 16.5. The first-order chi connectivity index (χ1) is 13.6. The van der Waals surface area contributed by atoms with Gasteiger partial charge in [0.05, 0.1) is 11.4 Å². The van der Waals surface area contributed by atoms with Crippen LogP contribution < -0.4 is 11.1 Å². The van der Waals surface area contributed by atoms with Gasteiger partial charge in [-0.05, 0) is 67.1 Å². The molecule has 1 aliphatic heterocycles. The first-order valence-corrected chi connectivity index (χ1v) is 10.2. The van der Waals surface area contributed by atoms with E-state index in [0.29, 0.717) is 17.5 Å². The normalized spacial score (nSPS) is 15.8. The van der Waals surface area contributed by atoms with Crippen LogP contribution in [0.25, 0.3) is 27.8 Å². The molecule has 144 valence electrons. The number of pyridine rings is 1. The molecule has 1 aromatic carbocycles. The van der Waals surface area contributed by atoms with E-state index in [4.69, 9.17) is 5.73 Å². The van der Waals surface area contributed by atoms with Gasteiger partial charge in [-0.15, -0.1) is 0 Å². The molecule has 0 bridgehead atoms. The lowest BCUT2D eigenvalue weighted by atomic mass is 9.88. The maximum atomic E-state index is 6.28. The molecule has 0 atom stereocenters. The number of anilines is 1. The number of imidazole rings is 1. The number of nitrogen functional groups attached to an aromatic ring is 1. The summed E-state index contributed by atoms with van der Waals surface area (Å²) in [5, 5.41) is 4.81. The van der Waals surface area contributed by atoms with Gasteiger partial charge in [0.25, 0.3) is 0 Å². The molecule has 5 nitrogen and oxygen atoms in total. The maximum absolute atomic E-state index is 6.28. The Morgan fingerprint density at radius 2 is 2.00 bits per heavy atom. The third-order valence-electron chi connectivity index (χ3n) is 6.06. The molecule has 5 rings (SSSR count). The second-order valence-corrected chi connectivity index (χ2v) is 8.24. The minimum atomic E-state index is 0.409. The molecule has 1 saturated heterocycles. The summed E-state index contributed by atoms with van der Waals surface area (Å²) >= 11 is 0. The van der Waals surface area contributed by atoms with Gasteiger partial charge >= 0.3 is 0 Å². The monoisotopic (exact) mass is 373 g/mol. The third kappa shape index (κ3) is 2.78. The largest absolute Gasteiger partial charge is 0.396 e. The van der Waals surface area contributed by atoms with E-state index >= 15 is 0 Å². The lowest BCUT2D eigenvalue weighted by Gasteiger charge is -2.23. The van der Waals surface area contributed by atoms with Crippen molar-refractivity contribution in [1.82, 2.24) is 19.7 Å². The average Bonchev–Trinajstić information content (AvgIpc) is 3.32. The molecule has 1 fully saturated rings. The van der Waals surface area contributed by atoms with Crippen LogP contribution in [0.4, 0.5) is 5.69 Å². The van der Waals surface area contributed by atoms with Gasteiger partial charge in [0, 0.05) is 35.1 Å². The number of H-pyrrole nitrogens is 1. The van der Waals surface area contributed by atoms with Crippen molar-refractivity contribution in [3.8, 4) is 11.3 Å². The second-order valence-electron chi connectivity index (χ2n) is 8.24. The highest BCUT2D eigenvalue weighted by Crippen LogP contribution is 2.38. The van der Waals surface area contributed by atoms with E-state index in [1.54, 1.807) is 6.20 Å². The van der Waals surface area contributed by atoms with E-state index in [2.05, 4.69) is 53.5 Å². The molecule has 3 aromatic heterocycles. The van der Waals surface area contributed by atoms with Crippen molar-refractivity contribution in [3.63, 3.8) is 0 Å². The Labute approximate surface area is 165 Å². The predicted molar refractivity (Wildman–Crippen MR) is 116 cm³/mol. The zero-order valence-corrected chi connectivity index (χ0v) is 16.5. The molecular weight excluding hydrogens is 346 g/mol. The van der Waals surface area contributed by atoms with Gasteiger partial charge in [0.1, 0.15) is 0 Å². The SMILES string of the molecule is CC(C)c1c(-c2cc(N)c3nccn3c2)[nH]c2ccc(C3CCNCC3)cc12. The number of hydrogen-bond donors (Lipinski definition) is 3. The average molecular weight is 374 g/mol. The molecule has 0 unspecified atom stereocenters. The molecule has 0 radical (unpaired) electrons. The first-order valence-electron chi connectivity index (χ1n) is 10.2. The van der Waals surface area contributed by atoms with E-state index in [1.165, 1.54) is 34.9 Å². The smallest absolute Gasteiger partial charge is 0.160 e. The van der Waals surface area contributed by atoms with Crippen molar-refractivity contribution in [1.29, 1.82) is 0 Å². The van der Waals surface area contributed by atoms with Crippen LogP contribution in [-0.2, 0) is 0 Å². The summed E-state index contributed by atoms with van der Waals surface area (Å²) in [6.07, 6.45) is 8.28. The minimum absolute atomic E-state index is 0.409. The van der Waals surface area contributed by atoms with Gasteiger partial charge < -0.3 is 20.4 Å². The number of benzene rings is 1. The Hall–Kier alpha value is -2.79. The van der Waals surface area contributed by atoms with Crippen molar-refractivity contribution >= 4 is 22.2 Å². The van der Waals surface area contributed by atoms with E-state index in [1.807, 2.05) is 16.7 Å². The molecule has 28 heavy (non-hydrogen) atoms. The molecule has 0 aliphatic carbocycles. The van der Waals surface area contributed by atoms with Gasteiger partial charge in [-0.1, -0.05) is 19.9 Å². The van der Waals surface area contributed by atoms with Crippen LogP contribution in [0.15, 0.2) is 42.9 Å². The van der Waals surface area contributed by atoms with Crippen molar-refractivity contribution in [2.75, 3.05) is 18.8 Å². The minimum Gasteiger partial charge on any atom is -0.396 e. The quantitative estimate of drug-likeness (QED) is 0.489. The molecule has 4 aromatic rings. The van der Waals surface area contributed by atoms with Crippen molar-refractivity contribution in [2.45, 2.75) is 38.5 Å². The number of aromatic amines is 1. The molecule has 4 heterocycles. The highest BCUT2D eigenvalue weighted by molar-refractivity contribution is 5.92. The summed E-state index contributed by atoms with van der Waals surface area (Å²) in [5.74, 6) is 1.06. The van der Waals surface area contributed by atoms with Crippen LogP contribution in [0.2, 0.25) is 0 Å². The van der Waals surface area contributed by atoms with Gasteiger partial charge in [-0.2, -0.15) is 0 Å². The number of rotatable bonds is 3. The molecule has 1 aliphatic rings. The summed E-state index contributed by atoms with van der Waals surface area (Å²) < 4.78 is 2.00. The number of piperidine rings is 1. The van der Waals surface area contributed by atoms with E-state index in [9.17, 15) is 0 Å². The summed E-state index contributed by atoms with van der Waals surface area (Å²) in [5.41, 5.74) is 14.1. The lowest BCUT2D eigenvalue weighted by molar-refractivity contribution is 0.460. The summed E-state index contributed by atoms with van der Waals surface area (Å²) in [6.45, 7) is 6.76. The molecule has 0 amide bonds. The zero-order chi connectivity index (χ0) is 19.3. The topological polar surface area (TPSA) is 71.1 Å². The number of nitrogens with one attached hydrogen (secondary N) is 2. The molecule has 4 N–H and O–H groups in total. The van der Waals surface area contributed by atoms with E-state index in [-0.39, 0.29) is 0 Å². The van der Waals surface area contributed by atoms with Crippen LogP contribution in [0.3, 0.4) is 0 Å². The van der Waals surface area contributed by atoms with Gasteiger partial charge in [-0.3, -0.25) is 0 Å². The Bertz CT molecular complexity index is 1140. The van der Waals surface area contributed by atoms with Crippen LogP contribution in [-0.4, -0.2) is 27.5 Å². The number of fused-ring (bicyclic) bond motifs is 2. The third-order valence-corrected chi connectivity index (χ3v) is 6.06. The Kier molecular flexibility index (Phi) is 4.13.